The molecule has 132 valence electrons. The van der Waals surface area contributed by atoms with Crippen molar-refractivity contribution in [3.05, 3.63) is 57.2 Å². The van der Waals surface area contributed by atoms with Crippen molar-refractivity contribution in [3.8, 4) is 22.2 Å². The molecule has 8 heteroatoms. The highest BCUT2D eigenvalue weighted by Crippen LogP contribution is 2.26. The number of hydrogen-bond donors (Lipinski definition) is 1. The van der Waals surface area contributed by atoms with Crippen molar-refractivity contribution in [2.24, 2.45) is 0 Å². The fourth-order valence-corrected chi connectivity index (χ4v) is 3.75. The van der Waals surface area contributed by atoms with Gasteiger partial charge in [-0.05, 0) is 38.1 Å². The Labute approximate surface area is 157 Å². The number of nitrogens with zero attached hydrogens (tertiary/aromatic N) is 2. The van der Waals surface area contributed by atoms with Crippen LogP contribution in [0.3, 0.4) is 0 Å². The van der Waals surface area contributed by atoms with Crippen molar-refractivity contribution in [2.75, 3.05) is 0 Å². The van der Waals surface area contributed by atoms with E-state index in [0.717, 1.165) is 16.5 Å². The molecule has 0 bridgehead atoms. The van der Waals surface area contributed by atoms with Gasteiger partial charge in [-0.25, -0.2) is 9.97 Å². The normalized spacial score (nSPS) is 11.0. The van der Waals surface area contributed by atoms with Crippen LogP contribution in [0.1, 0.15) is 27.0 Å². The van der Waals surface area contributed by atoms with Gasteiger partial charge in [0.15, 0.2) is 16.5 Å². The summed E-state index contributed by atoms with van der Waals surface area (Å²) in [4.78, 5) is 21.0. The largest absolute Gasteiger partial charge is 0.459 e. The first-order chi connectivity index (χ1) is 12.6. The molecular formula is C18H15N3O3S2. The Morgan fingerprint density at radius 2 is 1.88 bits per heavy atom. The van der Waals surface area contributed by atoms with E-state index in [0.29, 0.717) is 28.0 Å². The van der Waals surface area contributed by atoms with Crippen LogP contribution >= 0.6 is 22.7 Å². The zero-order valence-corrected chi connectivity index (χ0v) is 15.7. The standard InChI is InChI=1S/C18H15N3O3S2/c1-10-3-5-16(23-10)18-21-14(9-26-18)17(22)19-7-12-4-6-15(24-12)13-8-25-11(2)20-13/h3-6,8-9H,7H2,1-2H3,(H,19,22). The quantitative estimate of drug-likeness (QED) is 0.540. The number of rotatable bonds is 5. The average Bonchev–Trinajstić information content (AvgIpc) is 3.39. The van der Waals surface area contributed by atoms with Crippen molar-refractivity contribution in [3.63, 3.8) is 0 Å². The molecule has 0 fully saturated rings. The van der Waals surface area contributed by atoms with E-state index in [9.17, 15) is 4.79 Å². The van der Waals surface area contributed by atoms with Crippen LogP contribution < -0.4 is 5.32 Å². The molecule has 4 aromatic heterocycles. The molecule has 1 N–H and O–H groups in total. The summed E-state index contributed by atoms with van der Waals surface area (Å²) in [5.74, 6) is 2.59. The molecule has 0 saturated carbocycles. The molecule has 26 heavy (non-hydrogen) atoms. The third kappa shape index (κ3) is 3.47. The number of amides is 1. The van der Waals surface area contributed by atoms with E-state index >= 15 is 0 Å². The maximum Gasteiger partial charge on any atom is 0.271 e. The van der Waals surface area contributed by atoms with Gasteiger partial charge in [0.1, 0.15) is 22.9 Å². The molecule has 4 heterocycles. The lowest BCUT2D eigenvalue weighted by molar-refractivity contribution is 0.0944. The predicted octanol–water partition coefficient (Wildman–Crippen LogP) is 4.67. The summed E-state index contributed by atoms with van der Waals surface area (Å²) in [5.41, 5.74) is 1.17. The minimum Gasteiger partial charge on any atom is -0.459 e. The van der Waals surface area contributed by atoms with Crippen LogP contribution in [0.4, 0.5) is 0 Å². The highest BCUT2D eigenvalue weighted by molar-refractivity contribution is 7.13. The van der Waals surface area contributed by atoms with Gasteiger partial charge in [0.05, 0.1) is 11.6 Å². The minimum absolute atomic E-state index is 0.252. The molecule has 0 aromatic carbocycles. The summed E-state index contributed by atoms with van der Waals surface area (Å²) in [6.07, 6.45) is 0. The molecule has 4 aromatic rings. The number of thiazole rings is 2. The fraction of sp³-hybridized carbons (Fsp3) is 0.167. The fourth-order valence-electron chi connectivity index (χ4n) is 2.39. The van der Waals surface area contributed by atoms with Gasteiger partial charge in [-0.3, -0.25) is 4.79 Å². The Hall–Kier alpha value is -2.71. The molecule has 1 amide bonds. The highest BCUT2D eigenvalue weighted by Gasteiger charge is 2.14. The number of nitrogens with one attached hydrogen (secondary N) is 1. The first-order valence-electron chi connectivity index (χ1n) is 7.90. The molecule has 0 aliphatic carbocycles. The van der Waals surface area contributed by atoms with E-state index in [4.69, 9.17) is 8.83 Å². The maximum atomic E-state index is 12.3. The van der Waals surface area contributed by atoms with Crippen molar-refractivity contribution < 1.29 is 13.6 Å². The molecular weight excluding hydrogens is 370 g/mol. The molecule has 0 spiro atoms. The molecule has 4 rings (SSSR count). The molecule has 6 nitrogen and oxygen atoms in total. The lowest BCUT2D eigenvalue weighted by atomic mass is 10.3. The van der Waals surface area contributed by atoms with E-state index < -0.39 is 0 Å². The minimum atomic E-state index is -0.252. The summed E-state index contributed by atoms with van der Waals surface area (Å²) in [7, 11) is 0. The number of aryl methyl sites for hydroxylation is 2. The van der Waals surface area contributed by atoms with Crippen LogP contribution in [0.25, 0.3) is 22.2 Å². The third-order valence-corrected chi connectivity index (χ3v) is 5.27. The lowest BCUT2D eigenvalue weighted by Crippen LogP contribution is -2.22. The van der Waals surface area contributed by atoms with Gasteiger partial charge in [-0.2, -0.15) is 0 Å². The lowest BCUT2D eigenvalue weighted by Gasteiger charge is -2.00. The SMILES string of the molecule is Cc1ccc(-c2nc(C(=O)NCc3ccc(-c4csc(C)n4)o3)cs2)o1. The molecule has 0 aliphatic heterocycles. The number of carbonyl (C=O) groups is 1. The Balaban J connectivity index is 1.40. The van der Waals surface area contributed by atoms with Crippen LogP contribution in [0.5, 0.6) is 0 Å². The van der Waals surface area contributed by atoms with Crippen LogP contribution in [0.2, 0.25) is 0 Å². The van der Waals surface area contributed by atoms with Crippen LogP contribution in [0, 0.1) is 13.8 Å². The Morgan fingerprint density at radius 3 is 2.62 bits per heavy atom. The molecule has 0 atom stereocenters. The van der Waals surface area contributed by atoms with Gasteiger partial charge in [0, 0.05) is 10.8 Å². The van der Waals surface area contributed by atoms with Crippen LogP contribution in [0.15, 0.2) is 43.9 Å². The predicted molar refractivity (Wildman–Crippen MR) is 100 cm³/mol. The monoisotopic (exact) mass is 385 g/mol. The zero-order valence-electron chi connectivity index (χ0n) is 14.1. The van der Waals surface area contributed by atoms with Gasteiger partial charge >= 0.3 is 0 Å². The second kappa shape index (κ2) is 6.89. The van der Waals surface area contributed by atoms with E-state index in [1.54, 1.807) is 16.7 Å². The second-order valence-corrected chi connectivity index (χ2v) is 7.57. The first kappa shape index (κ1) is 16.7. The zero-order chi connectivity index (χ0) is 18.1. The molecule has 0 aliphatic rings. The van der Waals surface area contributed by atoms with Gasteiger partial charge in [0.25, 0.3) is 5.91 Å². The average molecular weight is 385 g/mol. The Morgan fingerprint density at radius 1 is 1.04 bits per heavy atom. The topological polar surface area (TPSA) is 81.2 Å². The van der Waals surface area contributed by atoms with E-state index in [1.807, 2.05) is 43.5 Å². The Kier molecular flexibility index (Phi) is 4.44. The van der Waals surface area contributed by atoms with E-state index in [-0.39, 0.29) is 12.5 Å². The smallest absolute Gasteiger partial charge is 0.271 e. The molecule has 0 radical (unpaired) electrons. The van der Waals surface area contributed by atoms with Gasteiger partial charge < -0.3 is 14.2 Å². The van der Waals surface area contributed by atoms with Gasteiger partial charge in [-0.15, -0.1) is 22.7 Å². The summed E-state index contributed by atoms with van der Waals surface area (Å²) in [5, 5.41) is 8.15. The number of aromatic nitrogens is 2. The molecule has 0 saturated heterocycles. The second-order valence-electron chi connectivity index (χ2n) is 5.65. The van der Waals surface area contributed by atoms with Crippen LogP contribution in [-0.2, 0) is 6.54 Å². The van der Waals surface area contributed by atoms with E-state index in [2.05, 4.69) is 15.3 Å². The number of furan rings is 2. The summed E-state index contributed by atoms with van der Waals surface area (Å²) >= 11 is 2.94. The molecule has 0 unspecified atom stereocenters. The van der Waals surface area contributed by atoms with Crippen LogP contribution in [-0.4, -0.2) is 15.9 Å². The summed E-state index contributed by atoms with van der Waals surface area (Å²) in [6.45, 7) is 4.11. The van der Waals surface area contributed by atoms with E-state index in [1.165, 1.54) is 11.3 Å². The highest BCUT2D eigenvalue weighted by atomic mass is 32.1. The van der Waals surface area contributed by atoms with Gasteiger partial charge in [-0.1, -0.05) is 0 Å². The van der Waals surface area contributed by atoms with Crippen molar-refractivity contribution in [1.82, 2.24) is 15.3 Å². The van der Waals surface area contributed by atoms with Gasteiger partial charge in [0.2, 0.25) is 0 Å². The maximum absolute atomic E-state index is 12.3. The Bertz CT molecular complexity index is 1060. The summed E-state index contributed by atoms with van der Waals surface area (Å²) in [6, 6.07) is 7.41. The summed E-state index contributed by atoms with van der Waals surface area (Å²) < 4.78 is 11.3. The number of carbonyl (C=O) groups excluding carboxylic acids is 1. The van der Waals surface area contributed by atoms with Crippen molar-refractivity contribution >= 4 is 28.6 Å². The van der Waals surface area contributed by atoms with Crippen molar-refractivity contribution in [1.29, 1.82) is 0 Å². The first-order valence-corrected chi connectivity index (χ1v) is 9.66. The number of hydrogen-bond acceptors (Lipinski definition) is 7. The van der Waals surface area contributed by atoms with Crippen molar-refractivity contribution in [2.45, 2.75) is 20.4 Å². The third-order valence-electron chi connectivity index (χ3n) is 3.64.